The van der Waals surface area contributed by atoms with Gasteiger partial charge in [0.25, 0.3) is 0 Å². The van der Waals surface area contributed by atoms with E-state index in [4.69, 9.17) is 4.43 Å². The van der Waals surface area contributed by atoms with Crippen LogP contribution in [0.5, 0.6) is 0 Å². The molecule has 3 rings (SSSR count). The van der Waals surface area contributed by atoms with Gasteiger partial charge in [-0.3, -0.25) is 4.79 Å². The lowest BCUT2D eigenvalue weighted by Gasteiger charge is -2.21. The number of hydrogen-bond acceptors (Lipinski definition) is 2. The quantitative estimate of drug-likeness (QED) is 0.430. The van der Waals surface area contributed by atoms with Crippen LogP contribution in [0.25, 0.3) is 0 Å². The number of rotatable bonds is 7. The second-order valence-electron chi connectivity index (χ2n) is 8.61. The molecule has 2 unspecified atom stereocenters. The van der Waals surface area contributed by atoms with Gasteiger partial charge in [-0.15, -0.1) is 0 Å². The minimum Gasteiger partial charge on any atom is -0.422 e. The van der Waals surface area contributed by atoms with Gasteiger partial charge in [0, 0.05) is 24.5 Å². The summed E-state index contributed by atoms with van der Waals surface area (Å²) in [5.74, 6) is 1.59. The molecule has 158 valence electrons. The maximum Gasteiger partial charge on any atom is 0.173 e. The summed E-state index contributed by atoms with van der Waals surface area (Å²) in [7, 11) is -0.816. The molecule has 3 heteroatoms. The minimum atomic E-state index is -0.816. The largest absolute Gasteiger partial charge is 0.422 e. The average molecular weight is 419 g/mol. The zero-order valence-corrected chi connectivity index (χ0v) is 19.7. The number of carbonyl (C=O) groups excluding carboxylic acids is 1. The summed E-state index contributed by atoms with van der Waals surface area (Å²) in [4.78, 5) is 12.1. The molecule has 2 aromatic rings. The van der Waals surface area contributed by atoms with E-state index in [2.05, 4.69) is 86.7 Å². The number of allylic oxidation sites excluding steroid dienone is 3. The lowest BCUT2D eigenvalue weighted by Crippen LogP contribution is -2.18. The van der Waals surface area contributed by atoms with Crippen LogP contribution in [-0.4, -0.2) is 22.2 Å². The van der Waals surface area contributed by atoms with Crippen LogP contribution >= 0.6 is 0 Å². The Bertz CT molecular complexity index is 787. The highest BCUT2D eigenvalue weighted by atomic mass is 28.2. The van der Waals surface area contributed by atoms with Crippen molar-refractivity contribution >= 4 is 15.5 Å². The first-order valence-corrected chi connectivity index (χ1v) is 12.6. The first-order valence-electron chi connectivity index (χ1n) is 11.2. The molecule has 2 atom stereocenters. The van der Waals surface area contributed by atoms with Gasteiger partial charge in [-0.25, -0.2) is 0 Å². The summed E-state index contributed by atoms with van der Waals surface area (Å²) in [5, 5.41) is 0. The highest BCUT2D eigenvalue weighted by molar-refractivity contribution is 6.31. The van der Waals surface area contributed by atoms with Crippen LogP contribution in [0.4, 0.5) is 0 Å². The highest BCUT2D eigenvalue weighted by Gasteiger charge is 2.17. The van der Waals surface area contributed by atoms with Gasteiger partial charge >= 0.3 is 0 Å². The van der Waals surface area contributed by atoms with Gasteiger partial charge in [0.2, 0.25) is 0 Å². The predicted octanol–water partition coefficient (Wildman–Crippen LogP) is 5.63. The van der Waals surface area contributed by atoms with E-state index in [0.717, 1.165) is 19.4 Å². The minimum absolute atomic E-state index is 0.248. The Hall–Kier alpha value is -2.23. The second-order valence-corrected chi connectivity index (χ2v) is 10.2. The Morgan fingerprint density at radius 2 is 1.60 bits per heavy atom. The normalized spacial score (nSPS) is 20.5. The van der Waals surface area contributed by atoms with E-state index in [0.29, 0.717) is 29.7 Å². The number of hydrogen-bond donors (Lipinski definition) is 0. The van der Waals surface area contributed by atoms with Crippen molar-refractivity contribution in [3.8, 4) is 0 Å². The Morgan fingerprint density at radius 1 is 0.967 bits per heavy atom. The van der Waals surface area contributed by atoms with Crippen molar-refractivity contribution < 1.29 is 9.22 Å². The van der Waals surface area contributed by atoms with Crippen LogP contribution in [-0.2, 0) is 9.22 Å². The van der Waals surface area contributed by atoms with Crippen molar-refractivity contribution in [1.29, 1.82) is 0 Å². The van der Waals surface area contributed by atoms with Crippen molar-refractivity contribution in [2.24, 2.45) is 17.8 Å². The van der Waals surface area contributed by atoms with Crippen LogP contribution in [0.1, 0.15) is 49.8 Å². The molecule has 0 aromatic heterocycles. The molecule has 0 N–H and O–H groups in total. The van der Waals surface area contributed by atoms with Crippen LogP contribution in [0.3, 0.4) is 0 Å². The molecule has 0 saturated carbocycles. The van der Waals surface area contributed by atoms with Crippen LogP contribution in [0, 0.1) is 17.8 Å². The topological polar surface area (TPSA) is 26.3 Å². The molecular formula is C27H34O2Si. The van der Waals surface area contributed by atoms with E-state index in [-0.39, 0.29) is 5.78 Å². The van der Waals surface area contributed by atoms with Crippen LogP contribution in [0.15, 0.2) is 85.0 Å². The lowest BCUT2D eigenvalue weighted by atomic mass is 9.88. The Morgan fingerprint density at radius 3 is 2.20 bits per heavy atom. The van der Waals surface area contributed by atoms with Crippen LogP contribution < -0.4 is 0 Å². The fourth-order valence-corrected chi connectivity index (χ4v) is 5.62. The molecule has 2 aromatic carbocycles. The first kappa shape index (κ1) is 22.5. The molecule has 0 aliphatic heterocycles. The molecular weight excluding hydrogens is 384 g/mol. The molecule has 0 bridgehead atoms. The third kappa shape index (κ3) is 6.93. The highest BCUT2D eigenvalue weighted by Crippen LogP contribution is 2.25. The number of ketones is 1. The van der Waals surface area contributed by atoms with Gasteiger partial charge in [0.1, 0.15) is 0 Å². The Labute approximate surface area is 184 Å². The van der Waals surface area contributed by atoms with Crippen molar-refractivity contribution in [2.45, 2.75) is 38.7 Å². The van der Waals surface area contributed by atoms with Gasteiger partial charge in [-0.05, 0) is 41.9 Å². The maximum absolute atomic E-state index is 12.1. The van der Waals surface area contributed by atoms with E-state index in [1.165, 1.54) is 11.1 Å². The molecule has 0 radical (unpaired) electrons. The SMILES string of the molecule is CC(C)C1C=CC(CO[SiH2]C(c2ccccc2)c2ccccc2)CC=CC(=O)CC1. The molecule has 0 fully saturated rings. The Balaban J connectivity index is 1.67. The summed E-state index contributed by atoms with van der Waals surface area (Å²) in [6, 6.07) is 21.4. The maximum atomic E-state index is 12.1. The predicted molar refractivity (Wildman–Crippen MR) is 128 cm³/mol. The summed E-state index contributed by atoms with van der Waals surface area (Å²) < 4.78 is 6.40. The summed E-state index contributed by atoms with van der Waals surface area (Å²) in [5.41, 5.74) is 3.03. The van der Waals surface area contributed by atoms with Crippen molar-refractivity contribution in [3.05, 3.63) is 96.1 Å². The smallest absolute Gasteiger partial charge is 0.173 e. The van der Waals surface area contributed by atoms with Gasteiger partial charge in [0.05, 0.1) is 0 Å². The fourth-order valence-electron chi connectivity index (χ4n) is 4.01. The van der Waals surface area contributed by atoms with Gasteiger partial charge < -0.3 is 4.43 Å². The molecule has 1 aliphatic rings. The van der Waals surface area contributed by atoms with Gasteiger partial charge in [-0.2, -0.15) is 0 Å². The van der Waals surface area contributed by atoms with Crippen molar-refractivity contribution in [2.75, 3.05) is 6.61 Å². The van der Waals surface area contributed by atoms with Crippen molar-refractivity contribution in [3.63, 3.8) is 0 Å². The molecule has 0 amide bonds. The van der Waals surface area contributed by atoms with Gasteiger partial charge in [0.15, 0.2) is 15.5 Å². The zero-order chi connectivity index (χ0) is 21.2. The third-order valence-electron chi connectivity index (χ3n) is 5.97. The number of carbonyl (C=O) groups is 1. The summed E-state index contributed by atoms with van der Waals surface area (Å²) in [6.45, 7) is 5.20. The molecule has 0 saturated heterocycles. The number of benzene rings is 2. The summed E-state index contributed by atoms with van der Waals surface area (Å²) >= 11 is 0. The molecule has 0 spiro atoms. The Kier molecular flexibility index (Phi) is 8.85. The van der Waals surface area contributed by atoms with E-state index >= 15 is 0 Å². The third-order valence-corrected chi connectivity index (χ3v) is 7.72. The first-order chi connectivity index (χ1) is 14.6. The zero-order valence-electron chi connectivity index (χ0n) is 18.2. The van der Waals surface area contributed by atoms with E-state index in [1.807, 2.05) is 6.08 Å². The standard InChI is InChI=1S/C27H34O2Si/c1-21(2)23-17-16-22(10-9-15-26(28)19-18-23)20-29-30-27(24-11-5-3-6-12-24)25-13-7-4-8-14-25/h3-9,11-17,21-23,27H,10,18-20,30H2,1-2H3. The summed E-state index contributed by atoms with van der Waals surface area (Å²) in [6.07, 6.45) is 10.9. The lowest BCUT2D eigenvalue weighted by molar-refractivity contribution is -0.114. The van der Waals surface area contributed by atoms with E-state index in [1.54, 1.807) is 6.08 Å². The fraction of sp³-hybridized carbons (Fsp3) is 0.370. The van der Waals surface area contributed by atoms with Gasteiger partial charge in [-0.1, -0.05) is 92.7 Å². The van der Waals surface area contributed by atoms with E-state index in [9.17, 15) is 4.79 Å². The molecule has 0 heterocycles. The van der Waals surface area contributed by atoms with E-state index < -0.39 is 9.76 Å². The average Bonchev–Trinajstić information content (AvgIpc) is 2.77. The molecule has 2 nitrogen and oxygen atoms in total. The molecule has 1 aliphatic carbocycles. The monoisotopic (exact) mass is 418 g/mol. The molecule has 30 heavy (non-hydrogen) atoms. The second kappa shape index (κ2) is 11.8. The van der Waals surface area contributed by atoms with Crippen molar-refractivity contribution in [1.82, 2.24) is 0 Å². The van der Waals surface area contributed by atoms with Crippen LogP contribution in [0.2, 0.25) is 0 Å².